The molecule has 20 heavy (non-hydrogen) atoms. The van der Waals surface area contributed by atoms with E-state index in [1.165, 1.54) is 5.56 Å². The molecule has 1 aromatic rings. The van der Waals surface area contributed by atoms with E-state index in [0.29, 0.717) is 19.1 Å². The van der Waals surface area contributed by atoms with Crippen molar-refractivity contribution in [3.63, 3.8) is 0 Å². The molecule has 110 valence electrons. The molecule has 1 aliphatic rings. The monoisotopic (exact) mass is 293 g/mol. The molecule has 2 heterocycles. The van der Waals surface area contributed by atoms with Gasteiger partial charge in [-0.25, -0.2) is 0 Å². The van der Waals surface area contributed by atoms with Gasteiger partial charge in [0.1, 0.15) is 0 Å². The third-order valence-corrected chi connectivity index (χ3v) is 4.49. The van der Waals surface area contributed by atoms with E-state index in [-0.39, 0.29) is 5.91 Å². The van der Waals surface area contributed by atoms with Crippen LogP contribution in [0.15, 0.2) is 29.5 Å². The first kappa shape index (κ1) is 15.2. The fourth-order valence-corrected chi connectivity index (χ4v) is 3.22. The molecule has 0 aromatic carbocycles. The topological polar surface area (TPSA) is 35.6 Å². The summed E-state index contributed by atoms with van der Waals surface area (Å²) in [5.41, 5.74) is 1.40. The highest BCUT2D eigenvalue weighted by Gasteiger charge is 2.23. The minimum Gasteiger partial charge on any atom is -0.352 e. The van der Waals surface area contributed by atoms with Crippen molar-refractivity contribution in [1.82, 2.24) is 15.1 Å². The van der Waals surface area contributed by atoms with Crippen LogP contribution in [0.1, 0.15) is 18.5 Å². The molecule has 1 fully saturated rings. The van der Waals surface area contributed by atoms with Crippen LogP contribution in [0.2, 0.25) is 0 Å². The van der Waals surface area contributed by atoms with Gasteiger partial charge in [0, 0.05) is 38.8 Å². The summed E-state index contributed by atoms with van der Waals surface area (Å²) in [5, 5.41) is 7.18. The first-order valence-electron chi connectivity index (χ1n) is 7.07. The number of amides is 1. The maximum atomic E-state index is 11.7. The van der Waals surface area contributed by atoms with Crippen molar-refractivity contribution < 1.29 is 4.79 Å². The lowest BCUT2D eigenvalue weighted by Crippen LogP contribution is -2.49. The van der Waals surface area contributed by atoms with Crippen LogP contribution in [0.3, 0.4) is 0 Å². The molecular formula is C15H23N3OS. The van der Waals surface area contributed by atoms with Gasteiger partial charge in [-0.1, -0.05) is 6.08 Å². The fraction of sp³-hybridized carbons (Fsp3) is 0.533. The summed E-state index contributed by atoms with van der Waals surface area (Å²) in [5.74, 6) is 0.0873. The van der Waals surface area contributed by atoms with Crippen LogP contribution in [0.5, 0.6) is 0 Å². The van der Waals surface area contributed by atoms with E-state index < -0.39 is 0 Å². The van der Waals surface area contributed by atoms with E-state index in [9.17, 15) is 4.79 Å². The maximum Gasteiger partial charge on any atom is 0.234 e. The number of nitrogens with one attached hydrogen (secondary N) is 1. The van der Waals surface area contributed by atoms with E-state index >= 15 is 0 Å². The Balaban J connectivity index is 1.75. The van der Waals surface area contributed by atoms with Crippen LogP contribution in [0.4, 0.5) is 0 Å². The molecule has 0 spiro atoms. The molecule has 1 aromatic heterocycles. The number of carbonyl (C=O) groups is 1. The van der Waals surface area contributed by atoms with E-state index in [4.69, 9.17) is 0 Å². The highest BCUT2D eigenvalue weighted by atomic mass is 32.1. The number of hydrogen-bond acceptors (Lipinski definition) is 4. The standard InChI is InChI=1S/C15H23N3OS/c1-3-5-16-15(19)11-17-6-8-18(9-7-17)13(2)14-4-10-20-12-14/h3-4,10,12-13H,1,5-9,11H2,2H3,(H,16,19). The number of nitrogens with zero attached hydrogens (tertiary/aromatic N) is 2. The van der Waals surface area contributed by atoms with Gasteiger partial charge in [-0.3, -0.25) is 14.6 Å². The summed E-state index contributed by atoms with van der Waals surface area (Å²) >= 11 is 1.75. The van der Waals surface area contributed by atoms with Gasteiger partial charge in [0.2, 0.25) is 5.91 Å². The molecule has 0 saturated carbocycles. The summed E-state index contributed by atoms with van der Waals surface area (Å²) in [6.45, 7) is 10.8. The third-order valence-electron chi connectivity index (χ3n) is 3.79. The van der Waals surface area contributed by atoms with E-state index in [1.54, 1.807) is 17.4 Å². The Kier molecular flexibility index (Phi) is 5.76. The molecule has 2 rings (SSSR count). The highest BCUT2D eigenvalue weighted by molar-refractivity contribution is 7.07. The normalized spacial score (nSPS) is 18.6. The van der Waals surface area contributed by atoms with Crippen molar-refractivity contribution in [1.29, 1.82) is 0 Å². The Morgan fingerprint density at radius 2 is 2.25 bits per heavy atom. The molecule has 1 unspecified atom stereocenters. The Bertz CT molecular complexity index is 424. The summed E-state index contributed by atoms with van der Waals surface area (Å²) < 4.78 is 0. The highest BCUT2D eigenvalue weighted by Crippen LogP contribution is 2.23. The smallest absolute Gasteiger partial charge is 0.234 e. The predicted octanol–water partition coefficient (Wildman–Crippen LogP) is 1.73. The minimum atomic E-state index is 0.0873. The second-order valence-corrected chi connectivity index (χ2v) is 5.92. The van der Waals surface area contributed by atoms with E-state index in [0.717, 1.165) is 26.2 Å². The molecule has 1 amide bonds. The Morgan fingerprint density at radius 1 is 1.50 bits per heavy atom. The average Bonchev–Trinajstić information content (AvgIpc) is 2.99. The quantitative estimate of drug-likeness (QED) is 0.811. The van der Waals surface area contributed by atoms with Crippen molar-refractivity contribution in [3.05, 3.63) is 35.0 Å². The van der Waals surface area contributed by atoms with Crippen molar-refractivity contribution in [2.75, 3.05) is 39.3 Å². The summed E-state index contributed by atoms with van der Waals surface area (Å²) in [4.78, 5) is 16.4. The average molecular weight is 293 g/mol. The van der Waals surface area contributed by atoms with E-state index in [1.807, 2.05) is 0 Å². The van der Waals surface area contributed by atoms with Crippen LogP contribution < -0.4 is 5.32 Å². The molecule has 1 saturated heterocycles. The van der Waals surface area contributed by atoms with Gasteiger partial charge in [-0.15, -0.1) is 6.58 Å². The Labute approximate surface area is 125 Å². The molecule has 0 bridgehead atoms. The van der Waals surface area contributed by atoms with Crippen molar-refractivity contribution in [2.24, 2.45) is 0 Å². The third kappa shape index (κ3) is 4.16. The number of hydrogen-bond donors (Lipinski definition) is 1. The summed E-state index contributed by atoms with van der Waals surface area (Å²) in [7, 11) is 0. The molecule has 1 aliphatic heterocycles. The van der Waals surface area contributed by atoms with Crippen molar-refractivity contribution >= 4 is 17.2 Å². The molecule has 0 radical (unpaired) electrons. The first-order chi connectivity index (χ1) is 9.70. The number of rotatable bonds is 6. The molecule has 0 aliphatic carbocycles. The maximum absolute atomic E-state index is 11.7. The van der Waals surface area contributed by atoms with Crippen LogP contribution in [0, 0.1) is 0 Å². The van der Waals surface area contributed by atoms with Crippen LogP contribution >= 0.6 is 11.3 Å². The molecule has 4 nitrogen and oxygen atoms in total. The second-order valence-electron chi connectivity index (χ2n) is 5.14. The van der Waals surface area contributed by atoms with Crippen LogP contribution in [-0.2, 0) is 4.79 Å². The van der Waals surface area contributed by atoms with Gasteiger partial charge in [0.15, 0.2) is 0 Å². The van der Waals surface area contributed by atoms with Gasteiger partial charge >= 0.3 is 0 Å². The second kappa shape index (κ2) is 7.57. The van der Waals surface area contributed by atoms with Crippen LogP contribution in [0.25, 0.3) is 0 Å². The fourth-order valence-electron chi connectivity index (χ4n) is 2.48. The van der Waals surface area contributed by atoms with Gasteiger partial charge in [-0.2, -0.15) is 11.3 Å². The zero-order chi connectivity index (χ0) is 14.4. The lowest BCUT2D eigenvalue weighted by atomic mass is 10.1. The van der Waals surface area contributed by atoms with Crippen LogP contribution in [-0.4, -0.2) is 55.0 Å². The first-order valence-corrected chi connectivity index (χ1v) is 8.01. The largest absolute Gasteiger partial charge is 0.352 e. The van der Waals surface area contributed by atoms with Crippen molar-refractivity contribution in [3.8, 4) is 0 Å². The van der Waals surface area contributed by atoms with Gasteiger partial charge < -0.3 is 5.32 Å². The number of piperazine rings is 1. The number of thiophene rings is 1. The zero-order valence-electron chi connectivity index (χ0n) is 12.0. The molecular weight excluding hydrogens is 270 g/mol. The van der Waals surface area contributed by atoms with Gasteiger partial charge in [0.05, 0.1) is 6.54 Å². The zero-order valence-corrected chi connectivity index (χ0v) is 12.9. The number of carbonyl (C=O) groups excluding carboxylic acids is 1. The molecule has 5 heteroatoms. The molecule has 1 atom stereocenters. The lowest BCUT2D eigenvalue weighted by molar-refractivity contribution is -0.122. The van der Waals surface area contributed by atoms with Gasteiger partial charge in [0.25, 0.3) is 0 Å². The van der Waals surface area contributed by atoms with Gasteiger partial charge in [-0.05, 0) is 29.3 Å². The SMILES string of the molecule is C=CCNC(=O)CN1CCN(C(C)c2ccsc2)CC1. The minimum absolute atomic E-state index is 0.0873. The van der Waals surface area contributed by atoms with Crippen molar-refractivity contribution in [2.45, 2.75) is 13.0 Å². The summed E-state index contributed by atoms with van der Waals surface area (Å²) in [6, 6.07) is 2.67. The summed E-state index contributed by atoms with van der Waals surface area (Å²) in [6.07, 6.45) is 1.71. The Hall–Kier alpha value is -1.17. The lowest BCUT2D eigenvalue weighted by Gasteiger charge is -2.37. The predicted molar refractivity (Wildman–Crippen MR) is 84.0 cm³/mol. The molecule has 1 N–H and O–H groups in total. The van der Waals surface area contributed by atoms with E-state index in [2.05, 4.69) is 45.4 Å². The Morgan fingerprint density at radius 3 is 2.85 bits per heavy atom.